The summed E-state index contributed by atoms with van der Waals surface area (Å²) in [5.74, 6) is 1.93. The van der Waals surface area contributed by atoms with Gasteiger partial charge in [0.15, 0.2) is 0 Å². The minimum Gasteiger partial charge on any atom is -0.416 e. The number of aromatic nitrogens is 4. The van der Waals surface area contributed by atoms with Crippen LogP contribution >= 0.6 is 0 Å². The van der Waals surface area contributed by atoms with Crippen molar-refractivity contribution in [2.24, 2.45) is 0 Å². The lowest BCUT2D eigenvalue weighted by Crippen LogP contribution is -2.10. The molecule has 0 amide bonds. The summed E-state index contributed by atoms with van der Waals surface area (Å²) < 4.78 is 12.2. The third-order valence-corrected chi connectivity index (χ3v) is 9.88. The van der Waals surface area contributed by atoms with Crippen molar-refractivity contribution in [1.82, 2.24) is 20.4 Å². The Bertz CT molecular complexity index is 2320. The van der Waals surface area contributed by atoms with Crippen LogP contribution in [0.1, 0.15) is 52.7 Å². The number of nitrogens with zero attached hydrogens (tertiary/aromatic N) is 4. The molecule has 0 atom stereocenters. The molecule has 0 bridgehead atoms. The second-order valence-corrected chi connectivity index (χ2v) is 15.8. The molecule has 0 aliphatic carbocycles. The van der Waals surface area contributed by atoms with E-state index in [0.717, 1.165) is 44.5 Å². The highest BCUT2D eigenvalue weighted by Gasteiger charge is 2.16. The van der Waals surface area contributed by atoms with Crippen molar-refractivity contribution in [3.05, 3.63) is 157 Å². The monoisotopic (exact) mass is 706 g/mol. The van der Waals surface area contributed by atoms with Crippen molar-refractivity contribution in [3.63, 3.8) is 0 Å². The van der Waals surface area contributed by atoms with Crippen LogP contribution in [0.2, 0.25) is 0 Å². The Hall–Kier alpha value is -6.40. The smallest absolute Gasteiger partial charge is 0.248 e. The van der Waals surface area contributed by atoms with Crippen LogP contribution in [0, 0.1) is 0 Å². The van der Waals surface area contributed by atoms with Crippen LogP contribution in [0.25, 0.3) is 79.2 Å². The van der Waals surface area contributed by atoms with Crippen LogP contribution in [0.3, 0.4) is 0 Å². The van der Waals surface area contributed by atoms with Crippen LogP contribution in [0.15, 0.2) is 154 Å². The van der Waals surface area contributed by atoms with Crippen LogP contribution in [-0.4, -0.2) is 20.4 Å². The molecule has 54 heavy (non-hydrogen) atoms. The first-order chi connectivity index (χ1) is 26.0. The second-order valence-electron chi connectivity index (χ2n) is 15.8. The topological polar surface area (TPSA) is 77.8 Å². The molecule has 6 aromatic carbocycles. The lowest BCUT2D eigenvalue weighted by Gasteiger charge is -2.19. The Kier molecular flexibility index (Phi) is 8.90. The Labute approximate surface area is 316 Å². The van der Waals surface area contributed by atoms with Crippen LogP contribution in [0.4, 0.5) is 0 Å². The maximum absolute atomic E-state index is 6.09. The summed E-state index contributed by atoms with van der Waals surface area (Å²) in [7, 11) is 0. The van der Waals surface area contributed by atoms with Gasteiger partial charge in [0.2, 0.25) is 23.6 Å². The quantitative estimate of drug-likeness (QED) is 0.164. The van der Waals surface area contributed by atoms with E-state index < -0.39 is 0 Å². The van der Waals surface area contributed by atoms with Gasteiger partial charge in [0, 0.05) is 22.3 Å². The molecule has 6 nitrogen and oxygen atoms in total. The van der Waals surface area contributed by atoms with Crippen LogP contribution < -0.4 is 0 Å². The van der Waals surface area contributed by atoms with Gasteiger partial charge in [0.25, 0.3) is 0 Å². The number of hydrogen-bond acceptors (Lipinski definition) is 6. The molecule has 0 fully saturated rings. The molecule has 2 aromatic heterocycles. The predicted octanol–water partition coefficient (Wildman–Crippen LogP) is 12.7. The summed E-state index contributed by atoms with van der Waals surface area (Å²) in [6.45, 7) is 13.4. The second kappa shape index (κ2) is 13.9. The summed E-state index contributed by atoms with van der Waals surface area (Å²) in [5.41, 5.74) is 13.1. The van der Waals surface area contributed by atoms with Crippen molar-refractivity contribution in [2.75, 3.05) is 0 Å². The largest absolute Gasteiger partial charge is 0.416 e. The van der Waals surface area contributed by atoms with E-state index in [1.54, 1.807) is 0 Å². The fourth-order valence-corrected chi connectivity index (χ4v) is 6.46. The van der Waals surface area contributed by atoms with Crippen molar-refractivity contribution in [2.45, 2.75) is 52.4 Å². The van der Waals surface area contributed by atoms with Crippen LogP contribution in [0.5, 0.6) is 0 Å². The molecule has 0 N–H and O–H groups in total. The molecule has 8 aromatic rings. The molecule has 0 radical (unpaired) electrons. The third-order valence-electron chi connectivity index (χ3n) is 9.88. The average molecular weight is 707 g/mol. The molecule has 0 saturated heterocycles. The highest BCUT2D eigenvalue weighted by Crippen LogP contribution is 2.32. The molecule has 0 unspecified atom stereocenters. The number of benzene rings is 6. The van der Waals surface area contributed by atoms with E-state index in [1.807, 2.05) is 48.5 Å². The van der Waals surface area contributed by atoms with E-state index in [9.17, 15) is 0 Å². The Balaban J connectivity index is 0.908. The molecule has 0 spiro atoms. The normalized spacial score (nSPS) is 11.9. The first kappa shape index (κ1) is 34.7. The molecular weight excluding hydrogens is 665 g/mol. The Morgan fingerprint density at radius 1 is 0.259 bits per heavy atom. The summed E-state index contributed by atoms with van der Waals surface area (Å²) in [6, 6.07) is 50.2. The van der Waals surface area contributed by atoms with Gasteiger partial charge >= 0.3 is 0 Å². The van der Waals surface area contributed by atoms with E-state index in [-0.39, 0.29) is 10.8 Å². The minimum atomic E-state index is 0.128. The van der Waals surface area contributed by atoms with Gasteiger partial charge in [-0.15, -0.1) is 20.4 Å². The molecule has 266 valence electrons. The lowest BCUT2D eigenvalue weighted by molar-refractivity contribution is 0.584. The van der Waals surface area contributed by atoms with E-state index in [2.05, 4.69) is 159 Å². The lowest BCUT2D eigenvalue weighted by atomic mass is 9.86. The molecule has 8 rings (SSSR count). The van der Waals surface area contributed by atoms with Gasteiger partial charge in [0.1, 0.15) is 0 Å². The van der Waals surface area contributed by atoms with Crippen molar-refractivity contribution < 1.29 is 8.83 Å². The minimum absolute atomic E-state index is 0.128. The van der Waals surface area contributed by atoms with E-state index in [0.29, 0.717) is 23.6 Å². The molecule has 6 heteroatoms. The fourth-order valence-electron chi connectivity index (χ4n) is 6.46. The first-order valence-corrected chi connectivity index (χ1v) is 18.3. The molecule has 0 aliphatic rings. The fraction of sp³-hybridized carbons (Fsp3) is 0.167. The number of rotatable bonds is 7. The molecule has 0 aliphatic heterocycles. The van der Waals surface area contributed by atoms with Gasteiger partial charge in [-0.25, -0.2) is 0 Å². The molecule has 2 heterocycles. The van der Waals surface area contributed by atoms with Gasteiger partial charge in [-0.3, -0.25) is 0 Å². The number of hydrogen-bond donors (Lipinski definition) is 0. The van der Waals surface area contributed by atoms with Crippen LogP contribution in [-0.2, 0) is 10.8 Å². The van der Waals surface area contributed by atoms with Crippen molar-refractivity contribution in [1.29, 1.82) is 0 Å². The summed E-state index contributed by atoms with van der Waals surface area (Å²) >= 11 is 0. The van der Waals surface area contributed by atoms with Gasteiger partial charge < -0.3 is 8.83 Å². The average Bonchev–Trinajstić information content (AvgIpc) is 3.90. The summed E-state index contributed by atoms with van der Waals surface area (Å²) in [4.78, 5) is 0. The maximum Gasteiger partial charge on any atom is 0.248 e. The zero-order valence-corrected chi connectivity index (χ0v) is 31.5. The van der Waals surface area contributed by atoms with Crippen molar-refractivity contribution >= 4 is 0 Å². The van der Waals surface area contributed by atoms with Gasteiger partial charge in [-0.1, -0.05) is 139 Å². The van der Waals surface area contributed by atoms with Crippen molar-refractivity contribution in [3.8, 4) is 79.2 Å². The first-order valence-electron chi connectivity index (χ1n) is 18.3. The van der Waals surface area contributed by atoms with Gasteiger partial charge in [-0.2, -0.15) is 0 Å². The molecular formula is C48H42N4O2. The molecule has 0 saturated carbocycles. The summed E-state index contributed by atoms with van der Waals surface area (Å²) in [5, 5.41) is 17.3. The van der Waals surface area contributed by atoms with E-state index in [1.165, 1.54) is 22.3 Å². The zero-order chi connectivity index (χ0) is 37.5. The van der Waals surface area contributed by atoms with E-state index in [4.69, 9.17) is 8.83 Å². The summed E-state index contributed by atoms with van der Waals surface area (Å²) in [6.07, 6.45) is 0. The zero-order valence-electron chi connectivity index (χ0n) is 31.5. The van der Waals surface area contributed by atoms with Gasteiger partial charge in [-0.05, 0) is 104 Å². The third kappa shape index (κ3) is 7.28. The highest BCUT2D eigenvalue weighted by atomic mass is 16.4. The predicted molar refractivity (Wildman–Crippen MR) is 218 cm³/mol. The van der Waals surface area contributed by atoms with Gasteiger partial charge in [0.05, 0.1) is 0 Å². The maximum atomic E-state index is 6.09. The Morgan fingerprint density at radius 3 is 0.611 bits per heavy atom. The highest BCUT2D eigenvalue weighted by molar-refractivity contribution is 5.72. The standard InChI is InChI=1S/C48H42N4O2/c1-47(2,3)41-27-23-35(24-28-41)33-11-19-39(20-12-33)45-51-49-43(53-45)37-15-7-31(8-16-37)32-9-17-38(18-10-32)44-50-52-46(54-44)40-21-13-34(14-22-40)36-25-29-42(30-26-36)48(4,5)6/h7-30H,1-6H3. The Morgan fingerprint density at radius 2 is 0.426 bits per heavy atom. The SMILES string of the molecule is CC(C)(C)c1ccc(-c2ccc(-c3nnc(-c4ccc(-c5ccc(-c6nnc(-c7ccc(-c8ccc(C(C)(C)C)cc8)cc7)o6)cc5)cc4)o3)cc2)cc1. The van der Waals surface area contributed by atoms with E-state index >= 15 is 0 Å².